The first-order chi connectivity index (χ1) is 8.16. The van der Waals surface area contributed by atoms with Gasteiger partial charge in [0, 0.05) is 25.4 Å². The molecule has 0 aromatic heterocycles. The third kappa shape index (κ3) is 3.07. The molecule has 0 spiro atoms. The predicted octanol–water partition coefficient (Wildman–Crippen LogP) is 1.81. The molecule has 1 amide bonds. The van der Waals surface area contributed by atoms with Gasteiger partial charge in [0.25, 0.3) is 0 Å². The monoisotopic (exact) mass is 233 g/mol. The third-order valence-electron chi connectivity index (χ3n) is 3.44. The number of aliphatic hydroxyl groups excluding tert-OH is 1. The van der Waals surface area contributed by atoms with Crippen molar-refractivity contribution in [2.75, 3.05) is 6.54 Å². The van der Waals surface area contributed by atoms with E-state index in [0.29, 0.717) is 19.5 Å². The fourth-order valence-corrected chi connectivity index (χ4v) is 2.29. The Balaban J connectivity index is 2.01. The van der Waals surface area contributed by atoms with E-state index < -0.39 is 0 Å². The number of rotatable bonds is 3. The number of likely N-dealkylation sites (tertiary alicyclic amines) is 1. The van der Waals surface area contributed by atoms with Gasteiger partial charge in [0.2, 0.25) is 5.91 Å². The third-order valence-corrected chi connectivity index (χ3v) is 3.44. The first kappa shape index (κ1) is 12.1. The number of hydrogen-bond acceptors (Lipinski definition) is 2. The van der Waals surface area contributed by atoms with Crippen molar-refractivity contribution < 1.29 is 9.90 Å². The predicted molar refractivity (Wildman–Crippen MR) is 66.3 cm³/mol. The molecule has 1 saturated heterocycles. The molecule has 17 heavy (non-hydrogen) atoms. The molecular formula is C14H19NO2. The molecule has 0 unspecified atom stereocenters. The summed E-state index contributed by atoms with van der Waals surface area (Å²) in [6.45, 7) is 3.13. The average molecular weight is 233 g/mol. The van der Waals surface area contributed by atoms with Crippen LogP contribution in [0, 0.1) is 5.92 Å². The Bertz CT molecular complexity index is 375. The van der Waals surface area contributed by atoms with Gasteiger partial charge in [-0.25, -0.2) is 0 Å². The minimum absolute atomic E-state index is 0.200. The van der Waals surface area contributed by atoms with Crippen molar-refractivity contribution in [3.63, 3.8) is 0 Å². The number of aliphatic hydroxyl groups is 1. The van der Waals surface area contributed by atoms with Crippen LogP contribution in [0.5, 0.6) is 0 Å². The lowest BCUT2D eigenvalue weighted by Gasteiger charge is -2.34. The van der Waals surface area contributed by atoms with Gasteiger partial charge in [-0.2, -0.15) is 0 Å². The highest BCUT2D eigenvalue weighted by atomic mass is 16.3. The number of carbonyl (C=O) groups excluding carboxylic acids is 1. The number of nitrogens with zero attached hydrogens (tertiary/aromatic N) is 1. The van der Waals surface area contributed by atoms with Crippen LogP contribution in [0.3, 0.4) is 0 Å². The van der Waals surface area contributed by atoms with Crippen LogP contribution in [0.25, 0.3) is 0 Å². The Morgan fingerprint density at radius 3 is 2.76 bits per heavy atom. The summed E-state index contributed by atoms with van der Waals surface area (Å²) in [6.07, 6.45) is 1.03. The van der Waals surface area contributed by atoms with Crippen LogP contribution in [0.2, 0.25) is 0 Å². The molecule has 1 aromatic carbocycles. The molecule has 1 aliphatic rings. The molecule has 1 fully saturated rings. The molecule has 3 nitrogen and oxygen atoms in total. The smallest absolute Gasteiger partial charge is 0.222 e. The molecule has 92 valence electrons. The molecule has 3 heteroatoms. The minimum atomic E-state index is -0.332. The van der Waals surface area contributed by atoms with Gasteiger partial charge >= 0.3 is 0 Å². The zero-order valence-corrected chi connectivity index (χ0v) is 10.2. The molecule has 1 aromatic rings. The first-order valence-corrected chi connectivity index (χ1v) is 6.16. The second-order valence-corrected chi connectivity index (χ2v) is 4.80. The SMILES string of the molecule is C[C@H](O)[C@@H]1CCC(=O)N(Cc2ccccc2)C1. The molecule has 0 saturated carbocycles. The Labute approximate surface area is 102 Å². The van der Waals surface area contributed by atoms with Crippen molar-refractivity contribution in [3.05, 3.63) is 35.9 Å². The highest BCUT2D eigenvalue weighted by Gasteiger charge is 2.28. The Kier molecular flexibility index (Phi) is 3.79. The normalized spacial score (nSPS) is 22.6. The van der Waals surface area contributed by atoms with Crippen molar-refractivity contribution >= 4 is 5.91 Å². The van der Waals surface area contributed by atoms with Crippen LogP contribution in [0.15, 0.2) is 30.3 Å². The van der Waals surface area contributed by atoms with E-state index in [2.05, 4.69) is 0 Å². The molecule has 1 N–H and O–H groups in total. The zero-order chi connectivity index (χ0) is 12.3. The maximum Gasteiger partial charge on any atom is 0.222 e. The van der Waals surface area contributed by atoms with Gasteiger partial charge in [-0.05, 0) is 18.9 Å². The van der Waals surface area contributed by atoms with E-state index in [1.165, 1.54) is 0 Å². The summed E-state index contributed by atoms with van der Waals surface area (Å²) in [5.41, 5.74) is 1.15. The number of benzene rings is 1. The molecule has 0 aliphatic carbocycles. The van der Waals surface area contributed by atoms with Crippen LogP contribution in [-0.4, -0.2) is 28.6 Å². The molecule has 0 bridgehead atoms. The fourth-order valence-electron chi connectivity index (χ4n) is 2.29. The van der Waals surface area contributed by atoms with Crippen LogP contribution >= 0.6 is 0 Å². The van der Waals surface area contributed by atoms with Crippen LogP contribution in [-0.2, 0) is 11.3 Å². The summed E-state index contributed by atoms with van der Waals surface area (Å²) in [5.74, 6) is 0.419. The van der Waals surface area contributed by atoms with Gasteiger partial charge in [0.15, 0.2) is 0 Å². The van der Waals surface area contributed by atoms with E-state index in [0.717, 1.165) is 12.0 Å². The van der Waals surface area contributed by atoms with Gasteiger partial charge in [-0.15, -0.1) is 0 Å². The van der Waals surface area contributed by atoms with Gasteiger partial charge in [0.05, 0.1) is 6.10 Å². The van der Waals surface area contributed by atoms with Crippen LogP contribution in [0.4, 0.5) is 0 Å². The van der Waals surface area contributed by atoms with E-state index >= 15 is 0 Å². The molecular weight excluding hydrogens is 214 g/mol. The maximum atomic E-state index is 11.8. The van der Waals surface area contributed by atoms with Crippen molar-refractivity contribution in [1.82, 2.24) is 4.90 Å². The highest BCUT2D eigenvalue weighted by molar-refractivity contribution is 5.77. The average Bonchev–Trinajstić information content (AvgIpc) is 2.33. The summed E-state index contributed by atoms with van der Waals surface area (Å²) in [6, 6.07) is 9.99. The van der Waals surface area contributed by atoms with E-state index in [1.54, 1.807) is 6.92 Å². The standard InChI is InChI=1S/C14H19NO2/c1-11(16)13-7-8-14(17)15(10-13)9-12-5-3-2-4-6-12/h2-6,11,13,16H,7-10H2,1H3/t11-,13+/m0/s1. The van der Waals surface area contributed by atoms with Crippen molar-refractivity contribution in [3.8, 4) is 0 Å². The Hall–Kier alpha value is -1.35. The largest absolute Gasteiger partial charge is 0.393 e. The van der Waals surface area contributed by atoms with Crippen LogP contribution < -0.4 is 0 Å². The molecule has 2 atom stereocenters. The van der Waals surface area contributed by atoms with Gasteiger partial charge in [-0.3, -0.25) is 4.79 Å². The number of amides is 1. The summed E-state index contributed by atoms with van der Waals surface area (Å²) in [7, 11) is 0. The second-order valence-electron chi connectivity index (χ2n) is 4.80. The molecule has 2 rings (SSSR count). The lowest BCUT2D eigenvalue weighted by molar-refractivity contribution is -0.136. The van der Waals surface area contributed by atoms with Crippen molar-refractivity contribution in [2.24, 2.45) is 5.92 Å². The lowest BCUT2D eigenvalue weighted by atomic mass is 9.93. The fraction of sp³-hybridized carbons (Fsp3) is 0.500. The summed E-state index contributed by atoms with van der Waals surface area (Å²) < 4.78 is 0. The first-order valence-electron chi connectivity index (χ1n) is 6.16. The summed E-state index contributed by atoms with van der Waals surface area (Å²) in [4.78, 5) is 13.7. The van der Waals surface area contributed by atoms with Crippen molar-refractivity contribution in [2.45, 2.75) is 32.4 Å². The van der Waals surface area contributed by atoms with E-state index in [1.807, 2.05) is 35.2 Å². The quantitative estimate of drug-likeness (QED) is 0.865. The maximum absolute atomic E-state index is 11.8. The van der Waals surface area contributed by atoms with Gasteiger partial charge < -0.3 is 10.0 Å². The Morgan fingerprint density at radius 2 is 2.12 bits per heavy atom. The number of piperidine rings is 1. The zero-order valence-electron chi connectivity index (χ0n) is 10.2. The highest BCUT2D eigenvalue weighted by Crippen LogP contribution is 2.22. The lowest BCUT2D eigenvalue weighted by Crippen LogP contribution is -2.42. The second kappa shape index (κ2) is 5.32. The topological polar surface area (TPSA) is 40.5 Å². The number of hydrogen-bond donors (Lipinski definition) is 1. The minimum Gasteiger partial charge on any atom is -0.393 e. The van der Waals surface area contributed by atoms with E-state index in [4.69, 9.17) is 0 Å². The molecule has 0 radical (unpaired) electrons. The number of carbonyl (C=O) groups is 1. The van der Waals surface area contributed by atoms with Gasteiger partial charge in [0.1, 0.15) is 0 Å². The van der Waals surface area contributed by atoms with Crippen molar-refractivity contribution in [1.29, 1.82) is 0 Å². The Morgan fingerprint density at radius 1 is 1.41 bits per heavy atom. The van der Waals surface area contributed by atoms with Gasteiger partial charge in [-0.1, -0.05) is 30.3 Å². The van der Waals surface area contributed by atoms with E-state index in [9.17, 15) is 9.90 Å². The molecule has 1 aliphatic heterocycles. The van der Waals surface area contributed by atoms with Crippen LogP contribution in [0.1, 0.15) is 25.3 Å². The molecule has 1 heterocycles. The van der Waals surface area contributed by atoms with E-state index in [-0.39, 0.29) is 17.9 Å². The summed E-state index contributed by atoms with van der Waals surface area (Å²) in [5, 5.41) is 9.61. The summed E-state index contributed by atoms with van der Waals surface area (Å²) >= 11 is 0.